The zero-order valence-corrected chi connectivity index (χ0v) is 17.0. The van der Waals surface area contributed by atoms with E-state index in [2.05, 4.69) is 9.62 Å². The molecule has 1 saturated heterocycles. The largest absolute Gasteiger partial charge is 0.497 e. The Kier molecular flexibility index (Phi) is 6.71. The Morgan fingerprint density at radius 2 is 1.66 bits per heavy atom. The van der Waals surface area contributed by atoms with Crippen LogP contribution in [0.25, 0.3) is 0 Å². The summed E-state index contributed by atoms with van der Waals surface area (Å²) in [5.41, 5.74) is 1.07. The SMILES string of the molecule is COc1ccc(N2CCN(C(=O)CCNS(=O)(=O)c3ccc(F)cc3)CC2)cc1. The molecule has 1 aliphatic rings. The van der Waals surface area contributed by atoms with Crippen molar-refractivity contribution >= 4 is 21.6 Å². The Morgan fingerprint density at radius 3 is 2.24 bits per heavy atom. The number of carbonyl (C=O) groups is 1. The van der Waals surface area contributed by atoms with E-state index in [-0.39, 0.29) is 23.8 Å². The Bertz CT molecular complexity index is 925. The summed E-state index contributed by atoms with van der Waals surface area (Å²) in [5.74, 6) is 0.194. The van der Waals surface area contributed by atoms with Crippen LogP contribution in [0.3, 0.4) is 0 Å². The van der Waals surface area contributed by atoms with Gasteiger partial charge in [0.1, 0.15) is 11.6 Å². The molecule has 0 aromatic heterocycles. The van der Waals surface area contributed by atoms with Gasteiger partial charge in [0.15, 0.2) is 0 Å². The molecule has 3 rings (SSSR count). The van der Waals surface area contributed by atoms with Crippen molar-refractivity contribution in [1.29, 1.82) is 0 Å². The van der Waals surface area contributed by atoms with Crippen molar-refractivity contribution in [3.8, 4) is 5.75 Å². The highest BCUT2D eigenvalue weighted by atomic mass is 32.2. The number of halogens is 1. The van der Waals surface area contributed by atoms with Crippen molar-refractivity contribution in [3.63, 3.8) is 0 Å². The van der Waals surface area contributed by atoms with E-state index in [0.717, 1.165) is 23.6 Å². The molecule has 0 atom stereocenters. The maximum Gasteiger partial charge on any atom is 0.240 e. The highest BCUT2D eigenvalue weighted by Crippen LogP contribution is 2.20. The third-order valence-corrected chi connectivity index (χ3v) is 6.30. The zero-order chi connectivity index (χ0) is 20.9. The molecule has 2 aromatic rings. The van der Waals surface area contributed by atoms with Gasteiger partial charge in [-0.15, -0.1) is 0 Å². The van der Waals surface area contributed by atoms with Gasteiger partial charge in [0.05, 0.1) is 12.0 Å². The second-order valence-electron chi connectivity index (χ2n) is 6.67. The van der Waals surface area contributed by atoms with Crippen LogP contribution in [-0.4, -0.2) is 59.1 Å². The fourth-order valence-electron chi connectivity index (χ4n) is 3.15. The summed E-state index contributed by atoms with van der Waals surface area (Å²) in [7, 11) is -2.14. The third kappa shape index (κ3) is 5.45. The molecule has 1 heterocycles. The van der Waals surface area contributed by atoms with Crippen LogP contribution in [0.4, 0.5) is 10.1 Å². The molecule has 0 radical (unpaired) electrons. The number of hydrogen-bond acceptors (Lipinski definition) is 5. The molecule has 1 N–H and O–H groups in total. The molecule has 0 saturated carbocycles. The molecular weight excluding hydrogens is 397 g/mol. The average Bonchev–Trinajstić information content (AvgIpc) is 2.74. The van der Waals surface area contributed by atoms with E-state index >= 15 is 0 Å². The molecule has 0 unspecified atom stereocenters. The molecule has 0 aliphatic carbocycles. The quantitative estimate of drug-likeness (QED) is 0.738. The molecule has 0 spiro atoms. The minimum Gasteiger partial charge on any atom is -0.497 e. The van der Waals surface area contributed by atoms with Crippen LogP contribution >= 0.6 is 0 Å². The second kappa shape index (κ2) is 9.23. The molecule has 7 nitrogen and oxygen atoms in total. The average molecular weight is 421 g/mol. The van der Waals surface area contributed by atoms with Crippen LogP contribution in [0, 0.1) is 5.82 Å². The van der Waals surface area contributed by atoms with Crippen LogP contribution in [0.5, 0.6) is 5.75 Å². The lowest BCUT2D eigenvalue weighted by molar-refractivity contribution is -0.131. The topological polar surface area (TPSA) is 79.0 Å². The van der Waals surface area contributed by atoms with Crippen molar-refractivity contribution in [2.45, 2.75) is 11.3 Å². The number of rotatable bonds is 7. The van der Waals surface area contributed by atoms with Gasteiger partial charge in [-0.3, -0.25) is 4.79 Å². The molecule has 1 fully saturated rings. The van der Waals surface area contributed by atoms with Crippen LogP contribution in [0.2, 0.25) is 0 Å². The Labute approximate surface area is 170 Å². The number of methoxy groups -OCH3 is 1. The number of hydrogen-bond donors (Lipinski definition) is 1. The van der Waals surface area contributed by atoms with Gasteiger partial charge in [-0.1, -0.05) is 0 Å². The van der Waals surface area contributed by atoms with Crippen LogP contribution in [-0.2, 0) is 14.8 Å². The number of sulfonamides is 1. The van der Waals surface area contributed by atoms with Crippen molar-refractivity contribution < 1.29 is 22.3 Å². The van der Waals surface area contributed by atoms with Crippen LogP contribution < -0.4 is 14.4 Å². The molecule has 29 heavy (non-hydrogen) atoms. The fourth-order valence-corrected chi connectivity index (χ4v) is 4.19. The number of benzene rings is 2. The number of carbonyl (C=O) groups excluding carboxylic acids is 1. The molecule has 1 aliphatic heterocycles. The number of nitrogens with zero attached hydrogens (tertiary/aromatic N) is 2. The number of piperazine rings is 1. The standard InChI is InChI=1S/C20H24FN3O4S/c1-28-18-6-4-17(5-7-18)23-12-14-24(15-13-23)20(25)10-11-22-29(26,27)19-8-2-16(21)3-9-19/h2-9,22H,10-15H2,1H3. The Morgan fingerprint density at radius 1 is 1.03 bits per heavy atom. The van der Waals surface area contributed by atoms with Crippen molar-refractivity contribution in [2.75, 3.05) is 44.7 Å². The van der Waals surface area contributed by atoms with Gasteiger partial charge in [-0.25, -0.2) is 17.5 Å². The maximum atomic E-state index is 12.9. The highest BCUT2D eigenvalue weighted by Gasteiger charge is 2.22. The summed E-state index contributed by atoms with van der Waals surface area (Å²) in [5, 5.41) is 0. The number of ether oxygens (including phenoxy) is 1. The Balaban J connectivity index is 1.45. The summed E-state index contributed by atoms with van der Waals surface area (Å²) in [6, 6.07) is 12.3. The van der Waals surface area contributed by atoms with Gasteiger partial charge in [-0.2, -0.15) is 0 Å². The van der Waals surface area contributed by atoms with Gasteiger partial charge in [-0.05, 0) is 48.5 Å². The van der Waals surface area contributed by atoms with Crippen LogP contribution in [0.1, 0.15) is 6.42 Å². The maximum absolute atomic E-state index is 12.9. The summed E-state index contributed by atoms with van der Waals surface area (Å²) in [6.45, 7) is 2.57. The lowest BCUT2D eigenvalue weighted by Crippen LogP contribution is -2.49. The smallest absolute Gasteiger partial charge is 0.240 e. The number of amides is 1. The normalized spacial score (nSPS) is 14.7. The van der Waals surface area contributed by atoms with E-state index in [9.17, 15) is 17.6 Å². The van der Waals surface area contributed by atoms with Crippen molar-refractivity contribution in [2.24, 2.45) is 0 Å². The van der Waals surface area contributed by atoms with E-state index < -0.39 is 15.8 Å². The van der Waals surface area contributed by atoms with Crippen molar-refractivity contribution in [3.05, 3.63) is 54.3 Å². The fraction of sp³-hybridized carbons (Fsp3) is 0.350. The minimum absolute atomic E-state index is 0.00274. The third-order valence-electron chi connectivity index (χ3n) is 4.82. The highest BCUT2D eigenvalue weighted by molar-refractivity contribution is 7.89. The first kappa shape index (κ1) is 21.1. The monoisotopic (exact) mass is 421 g/mol. The molecule has 1 amide bonds. The lowest BCUT2D eigenvalue weighted by atomic mass is 10.2. The van der Waals surface area contributed by atoms with Crippen molar-refractivity contribution in [1.82, 2.24) is 9.62 Å². The van der Waals surface area contributed by atoms with E-state index in [0.29, 0.717) is 26.2 Å². The Hall–Kier alpha value is -2.65. The van der Waals surface area contributed by atoms with Crippen LogP contribution in [0.15, 0.2) is 53.4 Å². The number of anilines is 1. The zero-order valence-electron chi connectivity index (χ0n) is 16.2. The first-order valence-electron chi connectivity index (χ1n) is 9.31. The van der Waals surface area contributed by atoms with E-state index in [1.165, 1.54) is 12.1 Å². The molecule has 0 bridgehead atoms. The van der Waals surface area contributed by atoms with Gasteiger partial charge in [0.2, 0.25) is 15.9 Å². The van der Waals surface area contributed by atoms with E-state index in [1.54, 1.807) is 12.0 Å². The van der Waals surface area contributed by atoms with E-state index in [4.69, 9.17) is 4.74 Å². The summed E-state index contributed by atoms with van der Waals surface area (Å²) >= 11 is 0. The molecule has 2 aromatic carbocycles. The second-order valence-corrected chi connectivity index (χ2v) is 8.43. The summed E-state index contributed by atoms with van der Waals surface area (Å²) in [6.07, 6.45) is 0.0724. The predicted octanol–water partition coefficient (Wildman–Crippen LogP) is 1.85. The van der Waals surface area contributed by atoms with Gasteiger partial charge in [0, 0.05) is 44.8 Å². The van der Waals surface area contributed by atoms with Gasteiger partial charge >= 0.3 is 0 Å². The predicted molar refractivity (Wildman–Crippen MR) is 108 cm³/mol. The molecule has 9 heteroatoms. The lowest BCUT2D eigenvalue weighted by Gasteiger charge is -2.36. The summed E-state index contributed by atoms with van der Waals surface area (Å²) in [4.78, 5) is 16.3. The summed E-state index contributed by atoms with van der Waals surface area (Å²) < 4.78 is 44.8. The first-order valence-corrected chi connectivity index (χ1v) is 10.8. The first-order chi connectivity index (χ1) is 13.9. The minimum atomic E-state index is -3.76. The number of nitrogens with one attached hydrogen (secondary N) is 1. The molecular formula is C20H24FN3O4S. The molecule has 156 valence electrons. The van der Waals surface area contributed by atoms with Gasteiger partial charge in [0.25, 0.3) is 0 Å². The van der Waals surface area contributed by atoms with E-state index in [1.807, 2.05) is 24.3 Å². The van der Waals surface area contributed by atoms with Gasteiger partial charge < -0.3 is 14.5 Å².